The standard InChI is InChI=1S/C15H12BrF2N5O/c1-7(14-8(16)3-2-4-9(14)17)19-15(24)20-11-6-13-12(5-10(11)18)21-23-22-13/h2-7H,1H3,(H2,19,20,24)(H,21,22,23). The molecule has 0 saturated heterocycles. The van der Waals surface area contributed by atoms with E-state index in [-0.39, 0.29) is 5.69 Å². The Morgan fingerprint density at radius 2 is 1.92 bits per heavy atom. The van der Waals surface area contributed by atoms with Crippen LogP contribution in [0.4, 0.5) is 19.3 Å². The molecule has 0 aliphatic rings. The van der Waals surface area contributed by atoms with E-state index in [2.05, 4.69) is 42.0 Å². The van der Waals surface area contributed by atoms with Gasteiger partial charge in [0, 0.05) is 16.1 Å². The predicted molar refractivity (Wildman–Crippen MR) is 88.5 cm³/mol. The van der Waals surface area contributed by atoms with Crippen LogP contribution in [0.5, 0.6) is 0 Å². The van der Waals surface area contributed by atoms with Crippen LogP contribution >= 0.6 is 15.9 Å². The first kappa shape index (κ1) is 16.3. The van der Waals surface area contributed by atoms with Gasteiger partial charge in [0.15, 0.2) is 0 Å². The number of hydrogen-bond donors (Lipinski definition) is 3. The normalized spacial score (nSPS) is 12.2. The molecule has 3 rings (SSSR count). The van der Waals surface area contributed by atoms with Gasteiger partial charge in [-0.05, 0) is 25.1 Å². The van der Waals surface area contributed by atoms with E-state index in [0.29, 0.717) is 21.1 Å². The van der Waals surface area contributed by atoms with Crippen LogP contribution in [-0.4, -0.2) is 21.4 Å². The number of nitrogens with zero attached hydrogens (tertiary/aromatic N) is 2. The van der Waals surface area contributed by atoms with Gasteiger partial charge in [-0.1, -0.05) is 22.0 Å². The maximum absolute atomic E-state index is 14.0. The van der Waals surface area contributed by atoms with Crippen LogP contribution < -0.4 is 10.6 Å². The van der Waals surface area contributed by atoms with E-state index in [1.165, 1.54) is 12.1 Å². The van der Waals surface area contributed by atoms with Gasteiger partial charge in [0.25, 0.3) is 0 Å². The highest BCUT2D eigenvalue weighted by Crippen LogP contribution is 2.26. The Morgan fingerprint density at radius 3 is 2.62 bits per heavy atom. The van der Waals surface area contributed by atoms with Crippen molar-refractivity contribution in [1.29, 1.82) is 0 Å². The number of aromatic amines is 1. The summed E-state index contributed by atoms with van der Waals surface area (Å²) in [6, 6.07) is 5.75. The molecule has 0 aliphatic heterocycles. The predicted octanol–water partition coefficient (Wildman–Crippen LogP) is 3.88. The lowest BCUT2D eigenvalue weighted by atomic mass is 10.1. The summed E-state index contributed by atoms with van der Waals surface area (Å²) in [6.45, 7) is 1.62. The molecule has 6 nitrogen and oxygen atoms in total. The Bertz CT molecular complexity index is 894. The lowest BCUT2D eigenvalue weighted by Crippen LogP contribution is -2.32. The fourth-order valence-corrected chi connectivity index (χ4v) is 3.00. The Balaban J connectivity index is 1.76. The summed E-state index contributed by atoms with van der Waals surface area (Å²) in [7, 11) is 0. The molecule has 124 valence electrons. The average molecular weight is 396 g/mol. The Morgan fingerprint density at radius 1 is 1.21 bits per heavy atom. The van der Waals surface area contributed by atoms with Crippen LogP contribution in [0.25, 0.3) is 11.0 Å². The number of urea groups is 1. The molecule has 0 saturated carbocycles. The van der Waals surface area contributed by atoms with Crippen LogP contribution in [0.1, 0.15) is 18.5 Å². The van der Waals surface area contributed by atoms with Crippen molar-refractivity contribution in [3.63, 3.8) is 0 Å². The number of rotatable bonds is 3. The molecule has 1 heterocycles. The zero-order valence-electron chi connectivity index (χ0n) is 12.4. The summed E-state index contributed by atoms with van der Waals surface area (Å²) in [5, 5.41) is 14.9. The van der Waals surface area contributed by atoms with Crippen molar-refractivity contribution in [2.75, 3.05) is 5.32 Å². The molecule has 2 aromatic carbocycles. The molecule has 0 bridgehead atoms. The highest BCUT2D eigenvalue weighted by molar-refractivity contribution is 9.10. The summed E-state index contributed by atoms with van der Waals surface area (Å²) in [6.07, 6.45) is 0. The minimum Gasteiger partial charge on any atom is -0.331 e. The third kappa shape index (κ3) is 3.21. The van der Waals surface area contributed by atoms with Crippen molar-refractivity contribution in [3.05, 3.63) is 52.0 Å². The maximum Gasteiger partial charge on any atom is 0.319 e. The van der Waals surface area contributed by atoms with E-state index in [9.17, 15) is 13.6 Å². The first-order valence-corrected chi connectivity index (χ1v) is 7.76. The van der Waals surface area contributed by atoms with E-state index in [1.54, 1.807) is 19.1 Å². The minimum absolute atomic E-state index is 0.0475. The SMILES string of the molecule is CC(NC(=O)Nc1cc2n[nH]nc2cc1F)c1c(F)cccc1Br. The van der Waals surface area contributed by atoms with Gasteiger partial charge in [-0.3, -0.25) is 0 Å². The van der Waals surface area contributed by atoms with Crippen molar-refractivity contribution in [2.24, 2.45) is 0 Å². The molecular formula is C15H12BrF2N5O. The number of halogens is 3. The van der Waals surface area contributed by atoms with Gasteiger partial charge in [0.2, 0.25) is 0 Å². The first-order chi connectivity index (χ1) is 11.5. The first-order valence-electron chi connectivity index (χ1n) is 6.97. The highest BCUT2D eigenvalue weighted by Gasteiger charge is 2.17. The fourth-order valence-electron chi connectivity index (χ4n) is 2.31. The van der Waals surface area contributed by atoms with E-state index < -0.39 is 23.7 Å². The van der Waals surface area contributed by atoms with E-state index >= 15 is 0 Å². The van der Waals surface area contributed by atoms with Gasteiger partial charge in [0.05, 0.1) is 11.7 Å². The van der Waals surface area contributed by atoms with E-state index in [1.807, 2.05) is 0 Å². The van der Waals surface area contributed by atoms with Gasteiger partial charge in [-0.2, -0.15) is 15.4 Å². The van der Waals surface area contributed by atoms with E-state index in [0.717, 1.165) is 6.07 Å². The number of carbonyl (C=O) groups is 1. The molecule has 2 amide bonds. The fraction of sp³-hybridized carbons (Fsp3) is 0.133. The third-order valence-electron chi connectivity index (χ3n) is 3.43. The van der Waals surface area contributed by atoms with Crippen LogP contribution in [-0.2, 0) is 0 Å². The maximum atomic E-state index is 14.0. The number of hydrogen-bond acceptors (Lipinski definition) is 3. The molecule has 1 atom stereocenters. The second kappa shape index (κ2) is 6.52. The van der Waals surface area contributed by atoms with Crippen molar-refractivity contribution in [3.8, 4) is 0 Å². The molecule has 24 heavy (non-hydrogen) atoms. The number of benzene rings is 2. The molecule has 1 unspecified atom stereocenters. The van der Waals surface area contributed by atoms with Gasteiger partial charge in [-0.15, -0.1) is 0 Å². The van der Waals surface area contributed by atoms with Crippen LogP contribution in [0, 0.1) is 11.6 Å². The van der Waals surface area contributed by atoms with Gasteiger partial charge >= 0.3 is 6.03 Å². The smallest absolute Gasteiger partial charge is 0.319 e. The zero-order chi connectivity index (χ0) is 17.3. The topological polar surface area (TPSA) is 82.7 Å². The Kier molecular flexibility index (Phi) is 4.43. The number of fused-ring (bicyclic) bond motifs is 1. The zero-order valence-corrected chi connectivity index (χ0v) is 14.0. The van der Waals surface area contributed by atoms with Crippen LogP contribution in [0.15, 0.2) is 34.8 Å². The lowest BCUT2D eigenvalue weighted by molar-refractivity contribution is 0.249. The van der Waals surface area contributed by atoms with Crippen molar-refractivity contribution < 1.29 is 13.6 Å². The molecule has 0 fully saturated rings. The summed E-state index contributed by atoms with van der Waals surface area (Å²) in [4.78, 5) is 12.1. The molecule has 0 aliphatic carbocycles. The van der Waals surface area contributed by atoms with Crippen molar-refractivity contribution in [2.45, 2.75) is 13.0 Å². The van der Waals surface area contributed by atoms with E-state index in [4.69, 9.17) is 0 Å². The lowest BCUT2D eigenvalue weighted by Gasteiger charge is -2.17. The number of H-pyrrole nitrogens is 1. The van der Waals surface area contributed by atoms with Crippen molar-refractivity contribution in [1.82, 2.24) is 20.7 Å². The second-order valence-electron chi connectivity index (χ2n) is 5.10. The van der Waals surface area contributed by atoms with Crippen molar-refractivity contribution >= 4 is 38.7 Å². The molecule has 3 N–H and O–H groups in total. The average Bonchev–Trinajstić information content (AvgIpc) is 2.94. The number of anilines is 1. The number of carbonyl (C=O) groups excluding carboxylic acids is 1. The number of nitrogens with one attached hydrogen (secondary N) is 3. The molecule has 9 heteroatoms. The van der Waals surface area contributed by atoms with Gasteiger partial charge in [0.1, 0.15) is 22.7 Å². The Hall–Kier alpha value is -2.55. The third-order valence-corrected chi connectivity index (χ3v) is 4.13. The minimum atomic E-state index is -0.667. The highest BCUT2D eigenvalue weighted by atomic mass is 79.9. The second-order valence-corrected chi connectivity index (χ2v) is 5.95. The van der Waals surface area contributed by atoms with Crippen LogP contribution in [0.2, 0.25) is 0 Å². The summed E-state index contributed by atoms with van der Waals surface area (Å²) in [5.41, 5.74) is 1.02. The molecule has 0 radical (unpaired) electrons. The monoisotopic (exact) mass is 395 g/mol. The number of aromatic nitrogens is 3. The Labute approximate surface area is 143 Å². The summed E-state index contributed by atoms with van der Waals surface area (Å²) in [5.74, 6) is -1.10. The summed E-state index contributed by atoms with van der Waals surface area (Å²) < 4.78 is 28.4. The van der Waals surface area contributed by atoms with Gasteiger partial charge in [-0.25, -0.2) is 13.6 Å². The molecule has 3 aromatic rings. The molecule has 0 spiro atoms. The quantitative estimate of drug-likeness (QED) is 0.629. The summed E-state index contributed by atoms with van der Waals surface area (Å²) >= 11 is 3.25. The largest absolute Gasteiger partial charge is 0.331 e. The molecule has 1 aromatic heterocycles. The van der Waals surface area contributed by atoms with Crippen LogP contribution in [0.3, 0.4) is 0 Å². The number of amides is 2. The molecular weight excluding hydrogens is 384 g/mol. The van der Waals surface area contributed by atoms with Gasteiger partial charge < -0.3 is 10.6 Å².